The molecule has 1 aliphatic heterocycles. The van der Waals surface area contributed by atoms with Crippen LogP contribution in [0, 0.1) is 12.8 Å². The number of carbonyl (C=O) groups excluding carboxylic acids is 1. The molecule has 2 aromatic rings. The average Bonchev–Trinajstić information content (AvgIpc) is 2.66. The summed E-state index contributed by atoms with van der Waals surface area (Å²) in [5.41, 5.74) is 2.12. The monoisotopic (exact) mass is 404 g/mol. The van der Waals surface area contributed by atoms with Gasteiger partial charge in [-0.1, -0.05) is 13.0 Å². The molecule has 0 unspecified atom stereocenters. The van der Waals surface area contributed by atoms with Gasteiger partial charge >= 0.3 is 6.18 Å². The molecule has 5 nitrogen and oxygen atoms in total. The van der Waals surface area contributed by atoms with Gasteiger partial charge in [-0.05, 0) is 37.5 Å². The van der Waals surface area contributed by atoms with E-state index in [2.05, 4.69) is 9.97 Å². The molecule has 1 aliphatic carbocycles. The Balaban J connectivity index is 1.50. The number of piperazine rings is 1. The number of benzene rings is 1. The molecule has 1 fully saturated rings. The number of alkyl halides is 3. The highest BCUT2D eigenvalue weighted by molar-refractivity contribution is 5.99. The van der Waals surface area contributed by atoms with Gasteiger partial charge in [0.1, 0.15) is 0 Å². The Bertz CT molecular complexity index is 936. The standard InChI is InChI=1S/C21H23F3N4O/c1-13-10-17-19(18(29)11-13)14(2)25-20(26-17)28-8-6-27(7-9-28)16-5-3-4-15(12-16)21(22,23)24/h3-5,12-13H,6-11H2,1-2H3/t13-/m1/s1. The van der Waals surface area contributed by atoms with Crippen LogP contribution in [0.2, 0.25) is 0 Å². The van der Waals surface area contributed by atoms with Crippen molar-refractivity contribution in [3.63, 3.8) is 0 Å². The SMILES string of the molecule is Cc1nc(N2CCN(c3cccc(C(F)(F)F)c3)CC2)nc2c1C(=O)C[C@H](C)C2. The molecule has 2 heterocycles. The van der Waals surface area contributed by atoms with Gasteiger partial charge in [-0.2, -0.15) is 13.2 Å². The van der Waals surface area contributed by atoms with E-state index in [-0.39, 0.29) is 11.7 Å². The Hall–Kier alpha value is -2.64. The van der Waals surface area contributed by atoms with Crippen molar-refractivity contribution in [3.05, 3.63) is 46.8 Å². The summed E-state index contributed by atoms with van der Waals surface area (Å²) in [6, 6.07) is 5.43. The van der Waals surface area contributed by atoms with Crippen LogP contribution in [0.25, 0.3) is 0 Å². The maximum Gasteiger partial charge on any atom is 0.416 e. The number of ketones is 1. The molecular formula is C21H23F3N4O. The van der Waals surface area contributed by atoms with Crippen molar-refractivity contribution < 1.29 is 18.0 Å². The summed E-state index contributed by atoms with van der Waals surface area (Å²) >= 11 is 0. The summed E-state index contributed by atoms with van der Waals surface area (Å²) in [6.07, 6.45) is -3.05. The lowest BCUT2D eigenvalue weighted by molar-refractivity contribution is -0.137. The summed E-state index contributed by atoms with van der Waals surface area (Å²) in [5.74, 6) is 0.985. The summed E-state index contributed by atoms with van der Waals surface area (Å²) in [7, 11) is 0. The van der Waals surface area contributed by atoms with Crippen molar-refractivity contribution in [2.24, 2.45) is 5.92 Å². The number of nitrogens with zero attached hydrogens (tertiary/aromatic N) is 4. The molecular weight excluding hydrogens is 381 g/mol. The van der Waals surface area contributed by atoms with E-state index in [1.54, 1.807) is 6.07 Å². The molecule has 0 radical (unpaired) electrons. The number of fused-ring (bicyclic) bond motifs is 1. The van der Waals surface area contributed by atoms with Crippen molar-refractivity contribution in [3.8, 4) is 0 Å². The number of rotatable bonds is 2. The third-order valence-electron chi connectivity index (χ3n) is 5.61. The first kappa shape index (κ1) is 19.7. The van der Waals surface area contributed by atoms with Gasteiger partial charge in [0.15, 0.2) is 5.78 Å². The summed E-state index contributed by atoms with van der Waals surface area (Å²) < 4.78 is 38.9. The van der Waals surface area contributed by atoms with Gasteiger partial charge in [0.2, 0.25) is 5.95 Å². The third-order valence-corrected chi connectivity index (χ3v) is 5.61. The second kappa shape index (κ2) is 7.31. The van der Waals surface area contributed by atoms with Gasteiger partial charge in [0.25, 0.3) is 0 Å². The van der Waals surface area contributed by atoms with E-state index in [1.165, 1.54) is 12.1 Å². The molecule has 1 aromatic carbocycles. The maximum atomic E-state index is 13.0. The minimum absolute atomic E-state index is 0.108. The zero-order valence-electron chi connectivity index (χ0n) is 16.5. The Morgan fingerprint density at radius 1 is 1.03 bits per heavy atom. The van der Waals surface area contributed by atoms with Crippen molar-refractivity contribution in [1.82, 2.24) is 9.97 Å². The molecule has 0 N–H and O–H groups in total. The largest absolute Gasteiger partial charge is 0.416 e. The Morgan fingerprint density at radius 2 is 1.72 bits per heavy atom. The smallest absolute Gasteiger partial charge is 0.368 e. The average molecular weight is 404 g/mol. The van der Waals surface area contributed by atoms with Crippen LogP contribution in [0.3, 0.4) is 0 Å². The number of anilines is 2. The third kappa shape index (κ3) is 3.93. The molecule has 1 atom stereocenters. The molecule has 154 valence electrons. The molecule has 2 aliphatic rings. The van der Waals surface area contributed by atoms with Gasteiger partial charge in [0.05, 0.1) is 22.5 Å². The van der Waals surface area contributed by atoms with E-state index in [0.29, 0.717) is 55.5 Å². The van der Waals surface area contributed by atoms with E-state index >= 15 is 0 Å². The topological polar surface area (TPSA) is 49.3 Å². The number of aryl methyl sites for hydroxylation is 1. The molecule has 0 spiro atoms. The van der Waals surface area contributed by atoms with Crippen LogP contribution >= 0.6 is 0 Å². The fraction of sp³-hybridized carbons (Fsp3) is 0.476. The molecule has 0 saturated carbocycles. The highest BCUT2D eigenvalue weighted by atomic mass is 19.4. The first-order valence-corrected chi connectivity index (χ1v) is 9.80. The zero-order valence-corrected chi connectivity index (χ0v) is 16.5. The molecule has 0 bridgehead atoms. The fourth-order valence-electron chi connectivity index (χ4n) is 4.13. The summed E-state index contributed by atoms with van der Waals surface area (Å²) in [5, 5.41) is 0. The predicted octanol–water partition coefficient (Wildman–Crippen LogP) is 3.90. The van der Waals surface area contributed by atoms with Crippen LogP contribution in [-0.4, -0.2) is 41.9 Å². The molecule has 1 saturated heterocycles. The van der Waals surface area contributed by atoms with Crippen molar-refractivity contribution in [2.75, 3.05) is 36.0 Å². The van der Waals surface area contributed by atoms with Crippen LogP contribution in [0.4, 0.5) is 24.8 Å². The minimum atomic E-state index is -4.35. The van der Waals surface area contributed by atoms with Crippen LogP contribution < -0.4 is 9.80 Å². The van der Waals surface area contributed by atoms with Gasteiger partial charge in [0, 0.05) is 38.3 Å². The second-order valence-electron chi connectivity index (χ2n) is 7.89. The summed E-state index contributed by atoms with van der Waals surface area (Å²) in [4.78, 5) is 25.5. The van der Waals surface area contributed by atoms with Gasteiger partial charge in [-0.15, -0.1) is 0 Å². The Morgan fingerprint density at radius 3 is 2.41 bits per heavy atom. The first-order valence-electron chi connectivity index (χ1n) is 9.80. The molecule has 4 rings (SSSR count). The number of halogens is 3. The van der Waals surface area contributed by atoms with E-state index < -0.39 is 11.7 Å². The quantitative estimate of drug-likeness (QED) is 0.760. The first-order chi connectivity index (χ1) is 13.7. The predicted molar refractivity (Wildman–Crippen MR) is 104 cm³/mol. The van der Waals surface area contributed by atoms with E-state index in [4.69, 9.17) is 0 Å². The van der Waals surface area contributed by atoms with Gasteiger partial charge in [-0.25, -0.2) is 9.97 Å². The molecule has 8 heteroatoms. The molecule has 29 heavy (non-hydrogen) atoms. The lowest BCUT2D eigenvalue weighted by atomic mass is 9.86. The number of hydrogen-bond donors (Lipinski definition) is 0. The second-order valence-corrected chi connectivity index (χ2v) is 7.89. The fourth-order valence-corrected chi connectivity index (χ4v) is 4.13. The van der Waals surface area contributed by atoms with Crippen LogP contribution in [0.5, 0.6) is 0 Å². The minimum Gasteiger partial charge on any atom is -0.368 e. The van der Waals surface area contributed by atoms with Gasteiger partial charge in [-0.3, -0.25) is 4.79 Å². The number of hydrogen-bond acceptors (Lipinski definition) is 5. The van der Waals surface area contributed by atoms with Crippen molar-refractivity contribution in [2.45, 2.75) is 32.9 Å². The Labute approximate surface area is 167 Å². The highest BCUT2D eigenvalue weighted by Gasteiger charge is 2.32. The zero-order chi connectivity index (χ0) is 20.8. The molecule has 1 aromatic heterocycles. The maximum absolute atomic E-state index is 13.0. The highest BCUT2D eigenvalue weighted by Crippen LogP contribution is 2.32. The van der Waals surface area contributed by atoms with Gasteiger partial charge < -0.3 is 9.80 Å². The molecule has 0 amide bonds. The Kier molecular flexibility index (Phi) is 4.96. The van der Waals surface area contributed by atoms with Crippen molar-refractivity contribution >= 4 is 17.4 Å². The lowest BCUT2D eigenvalue weighted by Gasteiger charge is -2.36. The number of Topliss-reactive ketones (excluding diaryl/α,β-unsaturated/α-hetero) is 1. The normalized spacial score (nSPS) is 20.0. The van der Waals surface area contributed by atoms with Crippen LogP contribution in [0.15, 0.2) is 24.3 Å². The van der Waals surface area contributed by atoms with Crippen molar-refractivity contribution in [1.29, 1.82) is 0 Å². The number of aromatic nitrogens is 2. The number of carbonyl (C=O) groups is 1. The summed E-state index contributed by atoms with van der Waals surface area (Å²) in [6.45, 7) is 6.27. The lowest BCUT2D eigenvalue weighted by Crippen LogP contribution is -2.47. The van der Waals surface area contributed by atoms with Crippen LogP contribution in [-0.2, 0) is 12.6 Å². The van der Waals surface area contributed by atoms with E-state index in [1.807, 2.05) is 23.6 Å². The van der Waals surface area contributed by atoms with E-state index in [9.17, 15) is 18.0 Å². The van der Waals surface area contributed by atoms with Crippen LogP contribution in [0.1, 0.15) is 40.7 Å². The van der Waals surface area contributed by atoms with E-state index in [0.717, 1.165) is 18.2 Å².